The van der Waals surface area contributed by atoms with E-state index in [4.69, 9.17) is 11.6 Å². The van der Waals surface area contributed by atoms with Crippen LogP contribution in [0.1, 0.15) is 6.92 Å². The van der Waals surface area contributed by atoms with Gasteiger partial charge in [0.05, 0.1) is 5.69 Å². The van der Waals surface area contributed by atoms with Crippen molar-refractivity contribution in [3.8, 4) is 0 Å². The third kappa shape index (κ3) is 2.26. The van der Waals surface area contributed by atoms with Crippen LogP contribution < -0.4 is 4.31 Å². The van der Waals surface area contributed by atoms with Crippen molar-refractivity contribution in [2.75, 3.05) is 10.8 Å². The van der Waals surface area contributed by atoms with E-state index in [1.807, 2.05) is 13.0 Å². The molecule has 0 saturated carbocycles. The fourth-order valence-corrected chi connectivity index (χ4v) is 2.51. The van der Waals surface area contributed by atoms with E-state index < -0.39 is 11.3 Å². The smallest absolute Gasteiger partial charge is 0.261 e. The lowest BCUT2D eigenvalue weighted by molar-refractivity contribution is 0.560. The van der Waals surface area contributed by atoms with Gasteiger partial charge in [0.15, 0.2) is 0 Å². The lowest BCUT2D eigenvalue weighted by Gasteiger charge is -2.19. The number of anilines is 1. The van der Waals surface area contributed by atoms with Crippen LogP contribution in [0.15, 0.2) is 30.5 Å². The summed E-state index contributed by atoms with van der Waals surface area (Å²) in [4.78, 5) is 3.99. The molecule has 0 amide bonds. The number of nitrogens with zero attached hydrogens (tertiary/aromatic N) is 2. The normalized spacial score (nSPS) is 12.6. The average Bonchev–Trinajstić information content (AvgIpc) is 2.31. The van der Waals surface area contributed by atoms with Crippen LogP contribution >= 0.6 is 11.6 Å². The molecule has 17 heavy (non-hydrogen) atoms. The van der Waals surface area contributed by atoms with Crippen LogP contribution in [0.25, 0.3) is 10.8 Å². The van der Waals surface area contributed by atoms with Crippen LogP contribution in [0, 0.1) is 0 Å². The molecule has 1 atom stereocenters. The maximum absolute atomic E-state index is 11.2. The molecule has 4 nitrogen and oxygen atoms in total. The first-order valence-corrected chi connectivity index (χ1v) is 6.51. The molecular weight excluding hydrogens is 260 g/mol. The van der Waals surface area contributed by atoms with E-state index >= 15 is 0 Å². The predicted octanol–water partition coefficient (Wildman–Crippen LogP) is 2.85. The molecule has 2 rings (SSSR count). The SMILES string of the molecule is CCN(c1cccc2c(Cl)nccc12)S(=O)O. The van der Waals surface area contributed by atoms with Crippen molar-refractivity contribution in [3.63, 3.8) is 0 Å². The predicted molar refractivity (Wildman–Crippen MR) is 70.5 cm³/mol. The highest BCUT2D eigenvalue weighted by Crippen LogP contribution is 2.30. The zero-order valence-corrected chi connectivity index (χ0v) is 10.7. The Bertz CT molecular complexity index is 576. The number of fused-ring (bicyclic) bond motifs is 1. The quantitative estimate of drug-likeness (QED) is 0.689. The number of hydrogen-bond donors (Lipinski definition) is 1. The van der Waals surface area contributed by atoms with Gasteiger partial charge in [-0.1, -0.05) is 23.7 Å². The van der Waals surface area contributed by atoms with Crippen LogP contribution in [0.4, 0.5) is 5.69 Å². The van der Waals surface area contributed by atoms with Crippen molar-refractivity contribution >= 4 is 39.3 Å². The van der Waals surface area contributed by atoms with Crippen LogP contribution in [-0.4, -0.2) is 20.3 Å². The first-order chi connectivity index (χ1) is 8.15. The van der Waals surface area contributed by atoms with Crippen LogP contribution in [0.3, 0.4) is 0 Å². The minimum Gasteiger partial charge on any atom is -0.289 e. The lowest BCUT2D eigenvalue weighted by Crippen LogP contribution is -2.24. The Morgan fingerprint density at radius 1 is 1.41 bits per heavy atom. The fraction of sp³-hybridized carbons (Fsp3) is 0.182. The Morgan fingerprint density at radius 3 is 2.82 bits per heavy atom. The van der Waals surface area contributed by atoms with Crippen molar-refractivity contribution in [1.29, 1.82) is 0 Å². The number of rotatable bonds is 3. The van der Waals surface area contributed by atoms with Crippen molar-refractivity contribution in [2.45, 2.75) is 6.92 Å². The molecule has 0 spiro atoms. The van der Waals surface area contributed by atoms with E-state index in [2.05, 4.69) is 4.98 Å². The summed E-state index contributed by atoms with van der Waals surface area (Å²) >= 11 is 3.94. The van der Waals surface area contributed by atoms with Crippen LogP contribution in [0.5, 0.6) is 0 Å². The van der Waals surface area contributed by atoms with Crippen LogP contribution in [0.2, 0.25) is 5.15 Å². The van der Waals surface area contributed by atoms with E-state index in [0.717, 1.165) is 10.8 Å². The van der Waals surface area contributed by atoms with Gasteiger partial charge in [-0.2, -0.15) is 0 Å². The van der Waals surface area contributed by atoms with E-state index in [-0.39, 0.29) is 0 Å². The first-order valence-electron chi connectivity index (χ1n) is 5.07. The van der Waals surface area contributed by atoms with Crippen LogP contribution in [-0.2, 0) is 11.3 Å². The number of pyridine rings is 1. The Kier molecular flexibility index (Phi) is 3.61. The number of aromatic nitrogens is 1. The van der Waals surface area contributed by atoms with E-state index in [9.17, 15) is 8.76 Å². The summed E-state index contributed by atoms with van der Waals surface area (Å²) in [5.41, 5.74) is 0.676. The molecule has 0 radical (unpaired) electrons. The van der Waals surface area contributed by atoms with Gasteiger partial charge in [0.2, 0.25) is 0 Å². The van der Waals surface area contributed by atoms with E-state index in [0.29, 0.717) is 17.4 Å². The molecule has 1 aromatic heterocycles. The summed E-state index contributed by atoms with van der Waals surface area (Å²) < 4.78 is 21.9. The van der Waals surface area contributed by atoms with Gasteiger partial charge >= 0.3 is 0 Å². The molecule has 0 aliphatic heterocycles. The Labute approximate surface area is 107 Å². The molecule has 90 valence electrons. The van der Waals surface area contributed by atoms with Crippen molar-refractivity contribution in [3.05, 3.63) is 35.6 Å². The molecule has 1 N–H and O–H groups in total. The second-order valence-corrected chi connectivity index (χ2v) is 4.66. The average molecular weight is 271 g/mol. The molecule has 1 heterocycles. The van der Waals surface area contributed by atoms with Crippen molar-refractivity contribution in [1.82, 2.24) is 4.98 Å². The molecule has 6 heteroatoms. The molecule has 1 unspecified atom stereocenters. The van der Waals surface area contributed by atoms with Gasteiger partial charge < -0.3 is 0 Å². The van der Waals surface area contributed by atoms with Gasteiger partial charge in [0, 0.05) is 23.5 Å². The van der Waals surface area contributed by atoms with E-state index in [1.165, 1.54) is 4.31 Å². The summed E-state index contributed by atoms with van der Waals surface area (Å²) in [5.74, 6) is 0. The highest BCUT2D eigenvalue weighted by molar-refractivity contribution is 7.80. The Balaban J connectivity index is 2.70. The van der Waals surface area contributed by atoms with Gasteiger partial charge in [0.1, 0.15) is 5.15 Å². The zero-order chi connectivity index (χ0) is 12.4. The summed E-state index contributed by atoms with van der Waals surface area (Å²) in [6.07, 6.45) is 1.59. The maximum atomic E-state index is 11.2. The molecule has 0 bridgehead atoms. The summed E-state index contributed by atoms with van der Waals surface area (Å²) in [5, 5.41) is 1.98. The third-order valence-corrected chi connectivity index (χ3v) is 3.61. The van der Waals surface area contributed by atoms with Gasteiger partial charge in [-0.25, -0.2) is 9.19 Å². The zero-order valence-electron chi connectivity index (χ0n) is 9.13. The standard InChI is InChI=1S/C11H11ClN2O2S/c1-2-14(17(15)16)10-5-3-4-9-8(10)6-7-13-11(9)12/h3-7H,2H2,1H3,(H,15,16). The number of hydrogen-bond acceptors (Lipinski definition) is 2. The van der Waals surface area contributed by atoms with Gasteiger partial charge in [-0.3, -0.25) is 8.86 Å². The minimum atomic E-state index is -2.05. The first kappa shape index (κ1) is 12.3. The monoisotopic (exact) mass is 270 g/mol. The number of halogens is 1. The summed E-state index contributed by atoms with van der Waals surface area (Å²) in [7, 11) is 0. The molecular formula is C11H11ClN2O2S. The molecule has 0 aliphatic carbocycles. The molecule has 2 aromatic rings. The fourth-order valence-electron chi connectivity index (χ4n) is 1.74. The Hall–Kier alpha value is -1.17. The van der Waals surface area contributed by atoms with E-state index in [1.54, 1.807) is 24.4 Å². The summed E-state index contributed by atoms with van der Waals surface area (Å²) in [6, 6.07) is 7.20. The maximum Gasteiger partial charge on any atom is 0.261 e. The second-order valence-electron chi connectivity index (χ2n) is 3.40. The largest absolute Gasteiger partial charge is 0.289 e. The second kappa shape index (κ2) is 5.00. The van der Waals surface area contributed by atoms with Gasteiger partial charge in [-0.15, -0.1) is 0 Å². The molecule has 0 saturated heterocycles. The minimum absolute atomic E-state index is 0.393. The molecule has 1 aromatic carbocycles. The molecule has 0 fully saturated rings. The highest BCUT2D eigenvalue weighted by atomic mass is 35.5. The third-order valence-electron chi connectivity index (χ3n) is 2.48. The lowest BCUT2D eigenvalue weighted by atomic mass is 10.1. The topological polar surface area (TPSA) is 53.4 Å². The van der Waals surface area contributed by atoms with Crippen molar-refractivity contribution < 1.29 is 8.76 Å². The summed E-state index contributed by atoms with van der Waals surface area (Å²) in [6.45, 7) is 2.25. The highest BCUT2D eigenvalue weighted by Gasteiger charge is 2.13. The molecule has 0 aliphatic rings. The van der Waals surface area contributed by atoms with Gasteiger partial charge in [-0.05, 0) is 19.1 Å². The Morgan fingerprint density at radius 2 is 2.18 bits per heavy atom. The van der Waals surface area contributed by atoms with Crippen molar-refractivity contribution in [2.24, 2.45) is 0 Å². The van der Waals surface area contributed by atoms with Gasteiger partial charge in [0.25, 0.3) is 11.3 Å². The number of benzene rings is 1.